The first-order valence-electron chi connectivity index (χ1n) is 6.86. The molecule has 0 saturated carbocycles. The van der Waals surface area contributed by atoms with Crippen LogP contribution in [-0.4, -0.2) is 53.7 Å². The monoisotopic (exact) mass is 291 g/mol. The Balaban J connectivity index is 1.93. The summed E-state index contributed by atoms with van der Waals surface area (Å²) in [6.45, 7) is 1.25. The number of fused-ring (bicyclic) bond motifs is 1. The van der Waals surface area contributed by atoms with E-state index in [-0.39, 0.29) is 18.9 Å². The van der Waals surface area contributed by atoms with Gasteiger partial charge in [-0.1, -0.05) is 6.07 Å². The zero-order valence-corrected chi connectivity index (χ0v) is 11.4. The van der Waals surface area contributed by atoms with Gasteiger partial charge in [0, 0.05) is 19.5 Å². The molecule has 7 heteroatoms. The fourth-order valence-electron chi connectivity index (χ4n) is 2.80. The number of amides is 2. The number of hydrogen-bond donors (Lipinski definition) is 3. The second-order valence-electron chi connectivity index (χ2n) is 5.22. The highest BCUT2D eigenvalue weighted by molar-refractivity contribution is 6.01. The number of primary amides is 1. The van der Waals surface area contributed by atoms with Crippen molar-refractivity contribution in [2.45, 2.75) is 18.6 Å². The molecule has 2 heterocycles. The molecule has 1 aromatic carbocycles. The average Bonchev–Trinajstić information content (AvgIpc) is 2.88. The fraction of sp³-hybridized carbons (Fsp3) is 0.429. The first kappa shape index (κ1) is 13.7. The van der Waals surface area contributed by atoms with Gasteiger partial charge in [-0.2, -0.15) is 0 Å². The van der Waals surface area contributed by atoms with E-state index in [0.717, 1.165) is 5.69 Å². The molecule has 1 fully saturated rings. The standard InChI is InChI=1S/C14H17N3O4/c15-13(19)11-6-8(18)7-17(11)14(20)9-2-1-3-10-12(9)21-5-4-16-10/h1-3,8,11,16,18H,4-7H2,(H2,15,19). The minimum absolute atomic E-state index is 0.101. The minimum atomic E-state index is -0.778. The van der Waals surface area contributed by atoms with Gasteiger partial charge in [0.05, 0.1) is 17.4 Å². The molecule has 4 N–H and O–H groups in total. The number of para-hydroxylation sites is 1. The van der Waals surface area contributed by atoms with Gasteiger partial charge < -0.3 is 25.8 Å². The lowest BCUT2D eigenvalue weighted by Crippen LogP contribution is -2.44. The Morgan fingerprint density at radius 2 is 2.24 bits per heavy atom. The lowest BCUT2D eigenvalue weighted by molar-refractivity contribution is -0.121. The van der Waals surface area contributed by atoms with E-state index in [4.69, 9.17) is 10.5 Å². The number of rotatable bonds is 2. The molecule has 2 amide bonds. The Morgan fingerprint density at radius 1 is 1.43 bits per heavy atom. The number of aliphatic hydroxyl groups is 1. The SMILES string of the molecule is NC(=O)C1CC(O)CN1C(=O)c1cccc2c1OCCN2. The van der Waals surface area contributed by atoms with E-state index in [9.17, 15) is 14.7 Å². The Kier molecular flexibility index (Phi) is 3.42. The molecule has 0 bridgehead atoms. The summed E-state index contributed by atoms with van der Waals surface area (Å²) in [6.07, 6.45) is -0.556. The van der Waals surface area contributed by atoms with Crippen molar-refractivity contribution in [1.82, 2.24) is 4.90 Å². The first-order chi connectivity index (χ1) is 10.1. The summed E-state index contributed by atoms with van der Waals surface area (Å²) in [4.78, 5) is 25.5. The van der Waals surface area contributed by atoms with Gasteiger partial charge in [0.25, 0.3) is 5.91 Å². The van der Waals surface area contributed by atoms with E-state index in [0.29, 0.717) is 24.5 Å². The van der Waals surface area contributed by atoms with Gasteiger partial charge in [-0.05, 0) is 12.1 Å². The zero-order valence-electron chi connectivity index (χ0n) is 11.4. The molecule has 0 radical (unpaired) electrons. The summed E-state index contributed by atoms with van der Waals surface area (Å²) >= 11 is 0. The van der Waals surface area contributed by atoms with E-state index in [1.54, 1.807) is 12.1 Å². The Hall–Kier alpha value is -2.28. The molecule has 0 aliphatic carbocycles. The maximum absolute atomic E-state index is 12.7. The number of likely N-dealkylation sites (tertiary alicyclic amines) is 1. The van der Waals surface area contributed by atoms with E-state index >= 15 is 0 Å². The van der Waals surface area contributed by atoms with Gasteiger partial charge in [-0.15, -0.1) is 0 Å². The van der Waals surface area contributed by atoms with E-state index in [2.05, 4.69) is 5.32 Å². The van der Waals surface area contributed by atoms with Gasteiger partial charge in [0.2, 0.25) is 5.91 Å². The Morgan fingerprint density at radius 3 is 3.00 bits per heavy atom. The van der Waals surface area contributed by atoms with Gasteiger partial charge in [-0.25, -0.2) is 0 Å². The van der Waals surface area contributed by atoms with Gasteiger partial charge >= 0.3 is 0 Å². The van der Waals surface area contributed by atoms with Crippen molar-refractivity contribution in [1.29, 1.82) is 0 Å². The third kappa shape index (κ3) is 2.40. The molecule has 112 valence electrons. The average molecular weight is 291 g/mol. The van der Waals surface area contributed by atoms with E-state index < -0.39 is 18.1 Å². The Labute approximate surface area is 121 Å². The fourth-order valence-corrected chi connectivity index (χ4v) is 2.80. The number of nitrogens with one attached hydrogen (secondary N) is 1. The second kappa shape index (κ2) is 5.25. The van der Waals surface area contributed by atoms with Crippen LogP contribution < -0.4 is 15.8 Å². The molecular formula is C14H17N3O4. The van der Waals surface area contributed by atoms with Crippen LogP contribution in [0, 0.1) is 0 Å². The summed E-state index contributed by atoms with van der Waals surface area (Å²) in [6, 6.07) is 4.45. The highest BCUT2D eigenvalue weighted by Gasteiger charge is 2.39. The topological polar surface area (TPSA) is 105 Å². The maximum Gasteiger partial charge on any atom is 0.258 e. The van der Waals surface area contributed by atoms with Crippen LogP contribution in [0.1, 0.15) is 16.8 Å². The largest absolute Gasteiger partial charge is 0.489 e. The van der Waals surface area contributed by atoms with Gasteiger partial charge in [0.1, 0.15) is 12.6 Å². The molecule has 2 aliphatic heterocycles. The van der Waals surface area contributed by atoms with Crippen LogP contribution in [-0.2, 0) is 4.79 Å². The number of aliphatic hydroxyl groups excluding tert-OH is 1. The predicted molar refractivity (Wildman–Crippen MR) is 75.1 cm³/mol. The minimum Gasteiger partial charge on any atom is -0.489 e. The number of carbonyl (C=O) groups is 2. The Bertz CT molecular complexity index is 590. The number of nitrogens with zero attached hydrogens (tertiary/aromatic N) is 1. The normalized spacial score (nSPS) is 24.0. The number of hydrogen-bond acceptors (Lipinski definition) is 5. The molecule has 21 heavy (non-hydrogen) atoms. The number of benzene rings is 1. The lowest BCUT2D eigenvalue weighted by Gasteiger charge is -2.26. The highest BCUT2D eigenvalue weighted by Crippen LogP contribution is 2.33. The molecule has 1 aromatic rings. The molecule has 0 spiro atoms. The maximum atomic E-state index is 12.7. The van der Waals surface area contributed by atoms with Crippen LogP contribution in [0.25, 0.3) is 0 Å². The number of carbonyl (C=O) groups excluding carboxylic acids is 2. The molecule has 1 saturated heterocycles. The van der Waals surface area contributed by atoms with Crippen LogP contribution in [0.3, 0.4) is 0 Å². The van der Waals surface area contributed by atoms with Crippen molar-refractivity contribution in [3.05, 3.63) is 23.8 Å². The third-order valence-electron chi connectivity index (χ3n) is 3.78. The number of anilines is 1. The molecule has 3 rings (SSSR count). The van der Waals surface area contributed by atoms with Crippen LogP contribution >= 0.6 is 0 Å². The van der Waals surface area contributed by atoms with Gasteiger partial charge in [0.15, 0.2) is 5.75 Å². The molecule has 2 atom stereocenters. The van der Waals surface area contributed by atoms with E-state index in [1.165, 1.54) is 4.90 Å². The van der Waals surface area contributed by atoms with Crippen molar-refractivity contribution < 1.29 is 19.4 Å². The molecular weight excluding hydrogens is 274 g/mol. The number of ether oxygens (including phenoxy) is 1. The van der Waals surface area contributed by atoms with Crippen molar-refractivity contribution in [2.24, 2.45) is 5.73 Å². The van der Waals surface area contributed by atoms with Crippen molar-refractivity contribution in [3.8, 4) is 5.75 Å². The quantitative estimate of drug-likeness (QED) is 0.684. The molecule has 2 aliphatic rings. The van der Waals surface area contributed by atoms with Gasteiger partial charge in [-0.3, -0.25) is 9.59 Å². The number of β-amino-alcohol motifs (C(OH)–C–C–N with tert-alkyl or cyclic N) is 1. The first-order valence-corrected chi connectivity index (χ1v) is 6.86. The summed E-state index contributed by atoms with van der Waals surface area (Å²) in [5, 5.41) is 12.9. The summed E-state index contributed by atoms with van der Waals surface area (Å²) in [5.41, 5.74) is 6.44. The molecule has 2 unspecified atom stereocenters. The summed E-state index contributed by atoms with van der Waals surface area (Å²) in [7, 11) is 0. The highest BCUT2D eigenvalue weighted by atomic mass is 16.5. The molecule has 7 nitrogen and oxygen atoms in total. The molecule has 0 aromatic heterocycles. The third-order valence-corrected chi connectivity index (χ3v) is 3.78. The van der Waals surface area contributed by atoms with Crippen molar-refractivity contribution in [3.63, 3.8) is 0 Å². The smallest absolute Gasteiger partial charge is 0.258 e. The van der Waals surface area contributed by atoms with Crippen molar-refractivity contribution in [2.75, 3.05) is 25.0 Å². The second-order valence-corrected chi connectivity index (χ2v) is 5.22. The zero-order chi connectivity index (χ0) is 15.0. The predicted octanol–water partition coefficient (Wildman–Crippen LogP) is -0.448. The van der Waals surface area contributed by atoms with Crippen LogP contribution in [0.2, 0.25) is 0 Å². The van der Waals surface area contributed by atoms with E-state index in [1.807, 2.05) is 6.07 Å². The van der Waals surface area contributed by atoms with Crippen LogP contribution in [0.5, 0.6) is 5.75 Å². The summed E-state index contributed by atoms with van der Waals surface area (Å²) in [5.74, 6) is -0.474. The lowest BCUT2D eigenvalue weighted by atomic mass is 10.1. The summed E-state index contributed by atoms with van der Waals surface area (Å²) < 4.78 is 5.57. The van der Waals surface area contributed by atoms with Crippen LogP contribution in [0.15, 0.2) is 18.2 Å². The van der Waals surface area contributed by atoms with Crippen molar-refractivity contribution >= 4 is 17.5 Å². The number of nitrogens with two attached hydrogens (primary N) is 1. The van der Waals surface area contributed by atoms with Crippen LogP contribution in [0.4, 0.5) is 5.69 Å².